The van der Waals surface area contributed by atoms with Crippen molar-refractivity contribution in [3.05, 3.63) is 44.7 Å². The molecule has 0 aliphatic heterocycles. The van der Waals surface area contributed by atoms with Crippen LogP contribution in [-0.2, 0) is 0 Å². The molecule has 98 valence electrons. The Hall–Kier alpha value is -1.92. The van der Waals surface area contributed by atoms with Gasteiger partial charge in [0, 0.05) is 6.20 Å². The summed E-state index contributed by atoms with van der Waals surface area (Å²) in [4.78, 5) is 26.8. The van der Waals surface area contributed by atoms with Crippen molar-refractivity contribution < 1.29 is 14.7 Å². The number of aryl methyl sites for hydroxylation is 1. The second-order valence-corrected chi connectivity index (χ2v) is 5.01. The number of nitrogens with zero attached hydrogens (tertiary/aromatic N) is 1. The van der Waals surface area contributed by atoms with Gasteiger partial charge in [0.15, 0.2) is 0 Å². The van der Waals surface area contributed by atoms with Gasteiger partial charge in [0.05, 0.1) is 10.6 Å². The number of carbonyl (C=O) groups excluding carboxylic acids is 1. The molecule has 2 N–H and O–H groups in total. The average Bonchev–Trinajstić information content (AvgIpc) is 2.70. The van der Waals surface area contributed by atoms with E-state index in [1.807, 2.05) is 6.92 Å². The normalized spacial score (nSPS) is 10.2. The quantitative estimate of drug-likeness (QED) is 0.912. The zero-order valence-corrected chi connectivity index (χ0v) is 11.4. The number of aromatic nitrogens is 1. The molecule has 0 bridgehead atoms. The van der Waals surface area contributed by atoms with Crippen LogP contribution >= 0.6 is 22.9 Å². The summed E-state index contributed by atoms with van der Waals surface area (Å²) in [5.41, 5.74) is 0.897. The number of amides is 1. The zero-order chi connectivity index (χ0) is 14.0. The van der Waals surface area contributed by atoms with Crippen LogP contribution in [0.25, 0.3) is 0 Å². The third-order valence-corrected chi connectivity index (χ3v) is 4.05. The molecule has 2 heterocycles. The maximum atomic E-state index is 11.9. The molecule has 1 amide bonds. The molecule has 2 rings (SSSR count). The van der Waals surface area contributed by atoms with E-state index in [4.69, 9.17) is 16.7 Å². The Morgan fingerprint density at radius 3 is 2.63 bits per heavy atom. The molecular weight excluding hydrogens is 288 g/mol. The summed E-state index contributed by atoms with van der Waals surface area (Å²) < 4.78 is 0. The van der Waals surface area contributed by atoms with Gasteiger partial charge in [0.1, 0.15) is 10.7 Å². The van der Waals surface area contributed by atoms with Crippen molar-refractivity contribution in [3.8, 4) is 0 Å². The highest BCUT2D eigenvalue weighted by Gasteiger charge is 2.15. The Morgan fingerprint density at radius 2 is 2.16 bits per heavy atom. The van der Waals surface area contributed by atoms with Gasteiger partial charge in [-0.25, -0.2) is 9.78 Å². The molecule has 0 saturated heterocycles. The van der Waals surface area contributed by atoms with Crippen molar-refractivity contribution in [2.45, 2.75) is 6.92 Å². The fraction of sp³-hybridized carbons (Fsp3) is 0.0833. The van der Waals surface area contributed by atoms with Crippen molar-refractivity contribution in [3.63, 3.8) is 0 Å². The molecule has 5 nitrogen and oxygen atoms in total. The van der Waals surface area contributed by atoms with Crippen LogP contribution in [0.5, 0.6) is 0 Å². The van der Waals surface area contributed by atoms with Crippen LogP contribution in [0, 0.1) is 6.92 Å². The first kappa shape index (κ1) is 13.5. The monoisotopic (exact) mass is 296 g/mol. The Balaban J connectivity index is 2.15. The van der Waals surface area contributed by atoms with E-state index in [-0.39, 0.29) is 17.3 Å². The molecule has 0 unspecified atom stereocenters. The minimum atomic E-state index is -1.07. The fourth-order valence-corrected chi connectivity index (χ4v) is 2.52. The Morgan fingerprint density at radius 1 is 1.42 bits per heavy atom. The number of anilines is 1. The smallest absolute Gasteiger partial charge is 0.337 e. The minimum Gasteiger partial charge on any atom is -0.478 e. The first-order valence-corrected chi connectivity index (χ1v) is 6.49. The third-order valence-electron chi connectivity index (χ3n) is 2.36. The molecule has 0 fully saturated rings. The summed E-state index contributed by atoms with van der Waals surface area (Å²) in [7, 11) is 0. The number of carboxylic acid groups (broad SMARTS) is 1. The lowest BCUT2D eigenvalue weighted by Crippen LogP contribution is -2.12. The van der Waals surface area contributed by atoms with E-state index in [2.05, 4.69) is 10.3 Å². The number of halogens is 1. The lowest BCUT2D eigenvalue weighted by atomic mass is 10.3. The standard InChI is InChI=1S/C12H9ClN2O3S/c1-6-5-19-10(9(6)13)11(16)15-8-3-2-7(4-14-8)12(17)18/h2-5H,1H3,(H,17,18)(H,14,15,16). The number of carbonyl (C=O) groups is 2. The predicted molar refractivity (Wildman–Crippen MR) is 73.2 cm³/mol. The number of aromatic carboxylic acids is 1. The number of hydrogen-bond donors (Lipinski definition) is 2. The largest absolute Gasteiger partial charge is 0.478 e. The number of carboxylic acids is 1. The van der Waals surface area contributed by atoms with Crippen LogP contribution in [0.1, 0.15) is 25.6 Å². The molecule has 0 radical (unpaired) electrons. The van der Waals surface area contributed by atoms with E-state index in [0.29, 0.717) is 9.90 Å². The molecule has 0 aliphatic rings. The summed E-state index contributed by atoms with van der Waals surface area (Å²) >= 11 is 7.23. The van der Waals surface area contributed by atoms with Crippen LogP contribution in [0.15, 0.2) is 23.7 Å². The second kappa shape index (κ2) is 5.38. The number of thiophene rings is 1. The van der Waals surface area contributed by atoms with Crippen LogP contribution in [-0.4, -0.2) is 22.0 Å². The van der Waals surface area contributed by atoms with E-state index in [1.54, 1.807) is 5.38 Å². The molecule has 0 saturated carbocycles. The van der Waals surface area contributed by atoms with Crippen molar-refractivity contribution in [1.29, 1.82) is 0 Å². The van der Waals surface area contributed by atoms with Gasteiger partial charge in [-0.1, -0.05) is 11.6 Å². The maximum Gasteiger partial charge on any atom is 0.337 e. The van der Waals surface area contributed by atoms with Gasteiger partial charge in [0.25, 0.3) is 5.91 Å². The highest BCUT2D eigenvalue weighted by molar-refractivity contribution is 7.13. The first-order chi connectivity index (χ1) is 8.99. The highest BCUT2D eigenvalue weighted by atomic mass is 35.5. The molecule has 2 aromatic heterocycles. The van der Waals surface area contributed by atoms with Crippen LogP contribution in [0.4, 0.5) is 5.82 Å². The average molecular weight is 297 g/mol. The van der Waals surface area contributed by atoms with Crippen molar-refractivity contribution in [2.75, 3.05) is 5.32 Å². The summed E-state index contributed by atoms with van der Waals surface area (Å²) in [5.74, 6) is -1.15. The Kier molecular flexibility index (Phi) is 3.82. The van der Waals surface area contributed by atoms with Crippen molar-refractivity contribution in [2.24, 2.45) is 0 Å². The number of pyridine rings is 1. The first-order valence-electron chi connectivity index (χ1n) is 5.23. The van der Waals surface area contributed by atoms with Crippen LogP contribution in [0.3, 0.4) is 0 Å². The molecule has 0 spiro atoms. The molecule has 0 atom stereocenters. The van der Waals surface area contributed by atoms with Gasteiger partial charge in [-0.2, -0.15) is 0 Å². The number of hydrogen-bond acceptors (Lipinski definition) is 4. The topological polar surface area (TPSA) is 79.3 Å². The number of rotatable bonds is 3. The molecular formula is C12H9ClN2O3S. The van der Waals surface area contributed by atoms with Gasteiger partial charge >= 0.3 is 5.97 Å². The molecule has 0 aromatic carbocycles. The SMILES string of the molecule is Cc1csc(C(=O)Nc2ccc(C(=O)O)cn2)c1Cl. The van der Waals surface area contributed by atoms with Crippen molar-refractivity contribution in [1.82, 2.24) is 4.98 Å². The summed E-state index contributed by atoms with van der Waals surface area (Å²) in [5, 5.41) is 13.5. The van der Waals surface area contributed by atoms with Crippen LogP contribution < -0.4 is 5.32 Å². The van der Waals surface area contributed by atoms with E-state index < -0.39 is 5.97 Å². The van der Waals surface area contributed by atoms with Gasteiger partial charge in [-0.3, -0.25) is 4.79 Å². The predicted octanol–water partition coefficient (Wildman–Crippen LogP) is 3.06. The Bertz CT molecular complexity index is 637. The van der Waals surface area contributed by atoms with E-state index in [9.17, 15) is 9.59 Å². The second-order valence-electron chi connectivity index (χ2n) is 3.75. The van der Waals surface area contributed by atoms with E-state index in [1.165, 1.54) is 29.7 Å². The maximum absolute atomic E-state index is 11.9. The van der Waals surface area contributed by atoms with Gasteiger partial charge in [-0.05, 0) is 30.0 Å². The minimum absolute atomic E-state index is 0.0583. The third kappa shape index (κ3) is 2.91. The fourth-order valence-electron chi connectivity index (χ4n) is 1.35. The molecule has 2 aromatic rings. The summed E-state index contributed by atoms with van der Waals surface area (Å²) in [6.45, 7) is 1.81. The van der Waals surface area contributed by atoms with E-state index >= 15 is 0 Å². The Labute approximate surface area is 117 Å². The lowest BCUT2D eigenvalue weighted by molar-refractivity contribution is 0.0696. The van der Waals surface area contributed by atoms with Gasteiger partial charge < -0.3 is 10.4 Å². The lowest BCUT2D eigenvalue weighted by Gasteiger charge is -2.03. The van der Waals surface area contributed by atoms with Gasteiger partial charge in [-0.15, -0.1) is 11.3 Å². The molecule has 7 heteroatoms. The van der Waals surface area contributed by atoms with Gasteiger partial charge in [0.2, 0.25) is 0 Å². The van der Waals surface area contributed by atoms with E-state index in [0.717, 1.165) is 5.56 Å². The summed E-state index contributed by atoms with van der Waals surface area (Å²) in [6.07, 6.45) is 1.18. The number of nitrogens with one attached hydrogen (secondary N) is 1. The zero-order valence-electron chi connectivity index (χ0n) is 9.81. The molecule has 19 heavy (non-hydrogen) atoms. The van der Waals surface area contributed by atoms with Crippen LogP contribution in [0.2, 0.25) is 5.02 Å². The van der Waals surface area contributed by atoms with Crippen molar-refractivity contribution >= 4 is 40.6 Å². The summed E-state index contributed by atoms with van der Waals surface area (Å²) in [6, 6.07) is 2.79. The molecule has 0 aliphatic carbocycles. The highest BCUT2D eigenvalue weighted by Crippen LogP contribution is 2.27.